The molecule has 1 atom stereocenters. The number of hydrogen-bond acceptors (Lipinski definition) is 4. The standard InChI is InChI=1S/C14H12ClFN4O/c1-9(15)13-7-20(19-18-13)6-12-8-21-14(17-12)10-2-4-11(16)5-3-10/h2-5,7-9H,6H2,1H3. The van der Waals surface area contributed by atoms with Gasteiger partial charge >= 0.3 is 0 Å². The fourth-order valence-electron chi connectivity index (χ4n) is 1.84. The van der Waals surface area contributed by atoms with Crippen molar-refractivity contribution < 1.29 is 8.81 Å². The van der Waals surface area contributed by atoms with Crippen molar-refractivity contribution in [3.8, 4) is 11.5 Å². The number of oxazole rings is 1. The summed E-state index contributed by atoms with van der Waals surface area (Å²) in [6.07, 6.45) is 3.31. The normalized spacial score (nSPS) is 12.5. The average molecular weight is 307 g/mol. The van der Waals surface area contributed by atoms with Crippen molar-refractivity contribution in [3.63, 3.8) is 0 Å². The summed E-state index contributed by atoms with van der Waals surface area (Å²) in [4.78, 5) is 4.35. The Balaban J connectivity index is 1.76. The molecule has 2 heterocycles. The first-order valence-electron chi connectivity index (χ1n) is 6.36. The van der Waals surface area contributed by atoms with Crippen molar-refractivity contribution in [1.29, 1.82) is 0 Å². The lowest BCUT2D eigenvalue weighted by molar-refractivity contribution is 0.567. The molecular weight excluding hydrogens is 295 g/mol. The van der Waals surface area contributed by atoms with Gasteiger partial charge in [-0.2, -0.15) is 0 Å². The molecule has 5 nitrogen and oxygen atoms in total. The lowest BCUT2D eigenvalue weighted by Crippen LogP contribution is -2.00. The second-order valence-corrected chi connectivity index (χ2v) is 5.26. The number of benzene rings is 1. The van der Waals surface area contributed by atoms with Gasteiger partial charge in [-0.1, -0.05) is 5.21 Å². The molecular formula is C14H12ClFN4O. The largest absolute Gasteiger partial charge is 0.444 e. The molecule has 7 heteroatoms. The average Bonchev–Trinajstić information content (AvgIpc) is 3.10. The third kappa shape index (κ3) is 3.11. The zero-order valence-electron chi connectivity index (χ0n) is 11.2. The summed E-state index contributed by atoms with van der Waals surface area (Å²) in [7, 11) is 0. The summed E-state index contributed by atoms with van der Waals surface area (Å²) in [6.45, 7) is 2.26. The predicted octanol–water partition coefficient (Wildman–Crippen LogP) is 3.42. The van der Waals surface area contributed by atoms with E-state index in [0.29, 0.717) is 23.8 Å². The van der Waals surface area contributed by atoms with Crippen LogP contribution in [0, 0.1) is 5.82 Å². The van der Waals surface area contributed by atoms with Crippen LogP contribution in [0.15, 0.2) is 41.1 Å². The fraction of sp³-hybridized carbons (Fsp3) is 0.214. The molecule has 0 saturated heterocycles. The molecule has 1 aromatic carbocycles. The first kappa shape index (κ1) is 13.8. The molecule has 21 heavy (non-hydrogen) atoms. The molecule has 3 aromatic rings. The lowest BCUT2D eigenvalue weighted by atomic mass is 10.2. The summed E-state index contributed by atoms with van der Waals surface area (Å²) in [5.41, 5.74) is 2.13. The Bertz CT molecular complexity index is 736. The van der Waals surface area contributed by atoms with Gasteiger partial charge in [0.15, 0.2) is 0 Å². The Morgan fingerprint density at radius 3 is 2.76 bits per heavy atom. The van der Waals surface area contributed by atoms with Crippen LogP contribution in [0.2, 0.25) is 0 Å². The molecule has 2 aromatic heterocycles. The van der Waals surface area contributed by atoms with Crippen LogP contribution >= 0.6 is 11.6 Å². The van der Waals surface area contributed by atoms with E-state index in [1.807, 2.05) is 6.92 Å². The zero-order valence-corrected chi connectivity index (χ0v) is 12.0. The summed E-state index contributed by atoms with van der Waals surface area (Å²) in [5.74, 6) is 0.145. The highest BCUT2D eigenvalue weighted by atomic mass is 35.5. The van der Waals surface area contributed by atoms with E-state index >= 15 is 0 Å². The maximum Gasteiger partial charge on any atom is 0.226 e. The third-order valence-electron chi connectivity index (χ3n) is 2.93. The molecule has 0 spiro atoms. The highest BCUT2D eigenvalue weighted by Gasteiger charge is 2.10. The molecule has 108 valence electrons. The number of hydrogen-bond donors (Lipinski definition) is 0. The molecule has 0 radical (unpaired) electrons. The van der Waals surface area contributed by atoms with Crippen LogP contribution in [-0.4, -0.2) is 20.0 Å². The third-order valence-corrected chi connectivity index (χ3v) is 3.15. The molecule has 3 rings (SSSR count). The Kier molecular flexibility index (Phi) is 3.70. The predicted molar refractivity (Wildman–Crippen MR) is 75.3 cm³/mol. The van der Waals surface area contributed by atoms with Crippen LogP contribution in [0.5, 0.6) is 0 Å². The summed E-state index contributed by atoms with van der Waals surface area (Å²) in [6, 6.07) is 5.97. The van der Waals surface area contributed by atoms with Crippen molar-refractivity contribution in [2.45, 2.75) is 18.8 Å². The van der Waals surface area contributed by atoms with Gasteiger partial charge in [0.05, 0.1) is 18.1 Å². The molecule has 0 aliphatic rings. The Hall–Kier alpha value is -2.21. The van der Waals surface area contributed by atoms with Crippen LogP contribution in [0.1, 0.15) is 23.7 Å². The van der Waals surface area contributed by atoms with E-state index in [1.165, 1.54) is 12.1 Å². The molecule has 0 aliphatic carbocycles. The molecule has 0 N–H and O–H groups in total. The summed E-state index contributed by atoms with van der Waals surface area (Å²) >= 11 is 5.94. The zero-order chi connectivity index (χ0) is 14.8. The number of halogens is 2. The number of alkyl halides is 1. The quantitative estimate of drug-likeness (QED) is 0.693. The van der Waals surface area contributed by atoms with Gasteiger partial charge in [0.1, 0.15) is 23.5 Å². The van der Waals surface area contributed by atoms with Crippen LogP contribution in [-0.2, 0) is 6.54 Å². The van der Waals surface area contributed by atoms with Crippen molar-refractivity contribution >= 4 is 11.6 Å². The van der Waals surface area contributed by atoms with Crippen molar-refractivity contribution in [3.05, 3.63) is 53.9 Å². The Labute approximate surface area is 125 Å². The van der Waals surface area contributed by atoms with Crippen LogP contribution in [0.25, 0.3) is 11.5 Å². The second kappa shape index (κ2) is 5.65. The molecule has 0 bridgehead atoms. The smallest absolute Gasteiger partial charge is 0.226 e. The van der Waals surface area contributed by atoms with Crippen LogP contribution in [0.3, 0.4) is 0 Å². The first-order chi connectivity index (χ1) is 10.1. The van der Waals surface area contributed by atoms with E-state index in [4.69, 9.17) is 16.0 Å². The Morgan fingerprint density at radius 1 is 1.33 bits per heavy atom. The SMILES string of the molecule is CC(Cl)c1cn(Cc2coc(-c3ccc(F)cc3)n2)nn1. The van der Waals surface area contributed by atoms with Gasteiger partial charge in [0.25, 0.3) is 0 Å². The molecule has 0 amide bonds. The second-order valence-electron chi connectivity index (χ2n) is 4.61. The van der Waals surface area contributed by atoms with E-state index in [1.54, 1.807) is 29.3 Å². The molecule has 0 fully saturated rings. The van der Waals surface area contributed by atoms with Crippen molar-refractivity contribution in [2.75, 3.05) is 0 Å². The molecule has 1 unspecified atom stereocenters. The molecule has 0 saturated carbocycles. The highest BCUT2D eigenvalue weighted by Crippen LogP contribution is 2.20. The minimum absolute atomic E-state index is 0.189. The van der Waals surface area contributed by atoms with E-state index in [-0.39, 0.29) is 11.2 Å². The summed E-state index contributed by atoms with van der Waals surface area (Å²) in [5, 5.41) is 7.76. The van der Waals surface area contributed by atoms with E-state index in [2.05, 4.69) is 15.3 Å². The number of nitrogens with zero attached hydrogens (tertiary/aromatic N) is 4. The van der Waals surface area contributed by atoms with E-state index in [9.17, 15) is 4.39 Å². The maximum atomic E-state index is 12.9. The van der Waals surface area contributed by atoms with E-state index < -0.39 is 0 Å². The van der Waals surface area contributed by atoms with Gasteiger partial charge in [-0.25, -0.2) is 14.1 Å². The maximum absolute atomic E-state index is 12.9. The van der Waals surface area contributed by atoms with Gasteiger partial charge < -0.3 is 4.42 Å². The Morgan fingerprint density at radius 2 is 2.10 bits per heavy atom. The van der Waals surface area contributed by atoms with Crippen molar-refractivity contribution in [1.82, 2.24) is 20.0 Å². The topological polar surface area (TPSA) is 56.7 Å². The van der Waals surface area contributed by atoms with Crippen molar-refractivity contribution in [2.24, 2.45) is 0 Å². The van der Waals surface area contributed by atoms with Gasteiger partial charge in [0, 0.05) is 5.56 Å². The minimum Gasteiger partial charge on any atom is -0.444 e. The minimum atomic E-state index is -0.295. The molecule has 0 aliphatic heterocycles. The number of rotatable bonds is 4. The summed E-state index contributed by atoms with van der Waals surface area (Å²) < 4.78 is 19.9. The lowest BCUT2D eigenvalue weighted by Gasteiger charge is -1.96. The first-order valence-corrected chi connectivity index (χ1v) is 6.80. The van der Waals surface area contributed by atoms with Gasteiger partial charge in [-0.3, -0.25) is 0 Å². The van der Waals surface area contributed by atoms with Gasteiger partial charge in [0.2, 0.25) is 5.89 Å². The fourth-order valence-corrected chi connectivity index (χ4v) is 1.94. The monoisotopic (exact) mass is 306 g/mol. The van der Waals surface area contributed by atoms with Crippen LogP contribution in [0.4, 0.5) is 4.39 Å². The van der Waals surface area contributed by atoms with E-state index in [0.717, 1.165) is 5.56 Å². The number of aromatic nitrogens is 4. The highest BCUT2D eigenvalue weighted by molar-refractivity contribution is 6.20. The van der Waals surface area contributed by atoms with Gasteiger partial charge in [-0.15, -0.1) is 16.7 Å². The van der Waals surface area contributed by atoms with Gasteiger partial charge in [-0.05, 0) is 31.2 Å². The van der Waals surface area contributed by atoms with Crippen LogP contribution < -0.4 is 0 Å².